The molecule has 1 unspecified atom stereocenters. The van der Waals surface area contributed by atoms with Gasteiger partial charge in [0.15, 0.2) is 0 Å². The number of allylic oxidation sites excluding steroid dienone is 1. The SMILES string of the molecule is C=C(C)[C@H]1CC[C@]23CCC(C[C@H]2[C@@]1(C)CCC(=O)O)[C@@](C)(O)C3. The molecule has 130 valence electrons. The van der Waals surface area contributed by atoms with Gasteiger partial charge in [0.25, 0.3) is 0 Å². The van der Waals surface area contributed by atoms with Crippen molar-refractivity contribution in [3.8, 4) is 0 Å². The van der Waals surface area contributed by atoms with E-state index in [0.29, 0.717) is 17.8 Å². The molecule has 3 heteroatoms. The van der Waals surface area contributed by atoms with Gasteiger partial charge in [-0.15, -0.1) is 0 Å². The Morgan fingerprint density at radius 2 is 1.91 bits per heavy atom. The maximum absolute atomic E-state index is 11.2. The standard InChI is InChI=1S/C20H32O3/c1-13(2)15-6-10-20-9-5-14(19(4,23)12-20)11-16(20)18(15,3)8-7-17(21)22/h14-16,23H,1,5-12H2,2-4H3,(H,21,22)/t14?,15-,16+,18+,19+,20+/m1/s1. The lowest BCUT2D eigenvalue weighted by atomic mass is 9.38. The van der Waals surface area contributed by atoms with Crippen LogP contribution < -0.4 is 0 Å². The lowest BCUT2D eigenvalue weighted by molar-refractivity contribution is -0.208. The largest absolute Gasteiger partial charge is 0.481 e. The Labute approximate surface area is 140 Å². The zero-order valence-electron chi connectivity index (χ0n) is 14.9. The molecule has 1 spiro atoms. The van der Waals surface area contributed by atoms with Gasteiger partial charge < -0.3 is 10.2 Å². The lowest BCUT2D eigenvalue weighted by Gasteiger charge is -2.67. The first-order chi connectivity index (χ1) is 10.6. The van der Waals surface area contributed by atoms with Gasteiger partial charge in [-0.25, -0.2) is 0 Å². The van der Waals surface area contributed by atoms with Crippen molar-refractivity contribution in [1.29, 1.82) is 0 Å². The fraction of sp³-hybridized carbons (Fsp3) is 0.850. The van der Waals surface area contributed by atoms with Crippen LogP contribution in [0.1, 0.15) is 72.1 Å². The van der Waals surface area contributed by atoms with Crippen LogP contribution in [0.15, 0.2) is 12.2 Å². The van der Waals surface area contributed by atoms with Crippen molar-refractivity contribution in [2.24, 2.45) is 28.6 Å². The molecule has 0 aromatic rings. The molecule has 2 bridgehead atoms. The summed E-state index contributed by atoms with van der Waals surface area (Å²) in [4.78, 5) is 11.2. The molecule has 0 aromatic carbocycles. The molecule has 4 fully saturated rings. The van der Waals surface area contributed by atoms with Crippen LogP contribution in [0.5, 0.6) is 0 Å². The van der Waals surface area contributed by atoms with E-state index in [1.165, 1.54) is 18.4 Å². The molecular formula is C20H32O3. The van der Waals surface area contributed by atoms with Crippen LogP contribution in [0.2, 0.25) is 0 Å². The molecule has 23 heavy (non-hydrogen) atoms. The van der Waals surface area contributed by atoms with Crippen LogP contribution in [-0.4, -0.2) is 21.8 Å². The molecule has 0 aliphatic heterocycles. The van der Waals surface area contributed by atoms with Crippen LogP contribution in [-0.2, 0) is 4.79 Å². The molecule has 0 radical (unpaired) electrons. The minimum absolute atomic E-state index is 0.0116. The second-order valence-electron chi connectivity index (χ2n) is 9.26. The Bertz CT molecular complexity index is 523. The number of aliphatic carboxylic acids is 1. The van der Waals surface area contributed by atoms with Gasteiger partial charge in [0.1, 0.15) is 0 Å². The zero-order valence-corrected chi connectivity index (χ0v) is 14.9. The van der Waals surface area contributed by atoms with Gasteiger partial charge in [0.05, 0.1) is 5.60 Å². The topological polar surface area (TPSA) is 57.5 Å². The van der Waals surface area contributed by atoms with E-state index in [4.69, 9.17) is 0 Å². The number of carboxylic acids is 1. The van der Waals surface area contributed by atoms with E-state index in [9.17, 15) is 15.0 Å². The van der Waals surface area contributed by atoms with Gasteiger partial charge >= 0.3 is 5.97 Å². The van der Waals surface area contributed by atoms with E-state index in [1.807, 2.05) is 6.92 Å². The molecule has 0 heterocycles. The lowest BCUT2D eigenvalue weighted by Crippen LogP contribution is -2.62. The van der Waals surface area contributed by atoms with Crippen LogP contribution in [0.4, 0.5) is 0 Å². The van der Waals surface area contributed by atoms with Crippen molar-refractivity contribution in [2.75, 3.05) is 0 Å². The van der Waals surface area contributed by atoms with Gasteiger partial charge in [-0.1, -0.05) is 19.1 Å². The molecule has 0 amide bonds. The van der Waals surface area contributed by atoms with Gasteiger partial charge in [-0.05, 0) is 87.4 Å². The quantitative estimate of drug-likeness (QED) is 0.755. The molecule has 3 nitrogen and oxygen atoms in total. The number of fused-ring (bicyclic) bond motifs is 2. The minimum atomic E-state index is -0.695. The Morgan fingerprint density at radius 1 is 1.26 bits per heavy atom. The second-order valence-corrected chi connectivity index (χ2v) is 9.26. The third kappa shape index (κ3) is 2.56. The monoisotopic (exact) mass is 320 g/mol. The van der Waals surface area contributed by atoms with Crippen LogP contribution >= 0.6 is 0 Å². The van der Waals surface area contributed by atoms with Crippen molar-refractivity contribution < 1.29 is 15.0 Å². The van der Waals surface area contributed by atoms with Gasteiger partial charge in [0, 0.05) is 6.42 Å². The number of carbonyl (C=O) groups is 1. The Balaban J connectivity index is 1.96. The van der Waals surface area contributed by atoms with Crippen molar-refractivity contribution in [3.05, 3.63) is 12.2 Å². The zero-order chi connectivity index (χ0) is 17.0. The van der Waals surface area contributed by atoms with Gasteiger partial charge in [-0.2, -0.15) is 0 Å². The van der Waals surface area contributed by atoms with Crippen LogP contribution in [0.25, 0.3) is 0 Å². The summed E-state index contributed by atoms with van der Waals surface area (Å²) in [6.07, 6.45) is 7.56. The first-order valence-corrected chi connectivity index (χ1v) is 9.20. The predicted octanol–water partition coefficient (Wildman–Crippen LogP) is 4.40. The summed E-state index contributed by atoms with van der Waals surface area (Å²) in [5.41, 5.74) is 0.911. The average Bonchev–Trinajstić information content (AvgIpc) is 2.43. The summed E-state index contributed by atoms with van der Waals surface area (Å²) in [5, 5.41) is 20.1. The van der Waals surface area contributed by atoms with Gasteiger partial charge in [-0.3, -0.25) is 4.79 Å². The smallest absolute Gasteiger partial charge is 0.303 e. The highest BCUT2D eigenvalue weighted by Crippen LogP contribution is 2.69. The third-order valence-electron chi connectivity index (χ3n) is 7.83. The summed E-state index contributed by atoms with van der Waals surface area (Å²) in [7, 11) is 0. The van der Waals surface area contributed by atoms with E-state index >= 15 is 0 Å². The summed E-state index contributed by atoms with van der Waals surface area (Å²) in [5.74, 6) is 0.632. The molecule has 4 rings (SSSR count). The molecule has 4 aliphatic rings. The van der Waals surface area contributed by atoms with E-state index in [2.05, 4.69) is 20.4 Å². The number of aliphatic hydroxyl groups is 1. The highest BCUT2D eigenvalue weighted by molar-refractivity contribution is 5.66. The fourth-order valence-corrected chi connectivity index (χ4v) is 6.82. The van der Waals surface area contributed by atoms with Crippen molar-refractivity contribution >= 4 is 5.97 Å². The third-order valence-corrected chi connectivity index (χ3v) is 7.83. The molecule has 0 saturated heterocycles. The van der Waals surface area contributed by atoms with E-state index in [-0.39, 0.29) is 17.3 Å². The van der Waals surface area contributed by atoms with E-state index in [1.54, 1.807) is 0 Å². The number of hydrogen-bond acceptors (Lipinski definition) is 2. The normalized spacial score (nSPS) is 48.8. The molecule has 4 saturated carbocycles. The molecular weight excluding hydrogens is 288 g/mol. The van der Waals surface area contributed by atoms with Gasteiger partial charge in [0.2, 0.25) is 0 Å². The highest BCUT2D eigenvalue weighted by atomic mass is 16.4. The maximum Gasteiger partial charge on any atom is 0.303 e. The number of carboxylic acid groups (broad SMARTS) is 1. The summed E-state index contributed by atoms with van der Waals surface area (Å²) in [6, 6.07) is 0. The minimum Gasteiger partial charge on any atom is -0.481 e. The summed E-state index contributed by atoms with van der Waals surface area (Å²) in [6.45, 7) is 10.7. The summed E-state index contributed by atoms with van der Waals surface area (Å²) >= 11 is 0. The molecule has 4 aliphatic carbocycles. The first kappa shape index (κ1) is 17.0. The Morgan fingerprint density at radius 3 is 2.48 bits per heavy atom. The Hall–Kier alpha value is -0.830. The van der Waals surface area contributed by atoms with Crippen LogP contribution in [0.3, 0.4) is 0 Å². The average molecular weight is 320 g/mol. The number of rotatable bonds is 4. The first-order valence-electron chi connectivity index (χ1n) is 9.20. The van der Waals surface area contributed by atoms with Crippen LogP contribution in [0, 0.1) is 28.6 Å². The second kappa shape index (κ2) is 5.34. The molecule has 2 N–H and O–H groups in total. The van der Waals surface area contributed by atoms with Crippen molar-refractivity contribution in [1.82, 2.24) is 0 Å². The van der Waals surface area contributed by atoms with Crippen molar-refractivity contribution in [3.63, 3.8) is 0 Å². The Kier molecular flexibility index (Phi) is 3.95. The number of hydrogen-bond donors (Lipinski definition) is 2. The van der Waals surface area contributed by atoms with Crippen molar-refractivity contribution in [2.45, 2.75) is 77.7 Å². The fourth-order valence-electron chi connectivity index (χ4n) is 6.82. The molecule has 6 atom stereocenters. The van der Waals surface area contributed by atoms with E-state index in [0.717, 1.165) is 32.1 Å². The molecule has 0 aromatic heterocycles. The summed E-state index contributed by atoms with van der Waals surface area (Å²) < 4.78 is 0. The maximum atomic E-state index is 11.2. The van der Waals surface area contributed by atoms with E-state index < -0.39 is 11.6 Å². The predicted molar refractivity (Wildman–Crippen MR) is 91.0 cm³/mol. The highest BCUT2D eigenvalue weighted by Gasteiger charge is 2.63.